The summed E-state index contributed by atoms with van der Waals surface area (Å²) in [4.78, 5) is 45.5. The highest BCUT2D eigenvalue weighted by Gasteiger charge is 2.20. The molecule has 0 unspecified atom stereocenters. The van der Waals surface area contributed by atoms with Gasteiger partial charge in [-0.3, -0.25) is 14.4 Å². The van der Waals surface area contributed by atoms with E-state index in [4.69, 9.17) is 5.73 Å². The Morgan fingerprint density at radius 1 is 1.23 bits per heavy atom. The summed E-state index contributed by atoms with van der Waals surface area (Å²) < 4.78 is 0. The molecular formula is C22H28N6O3. The number of hydrogen-bond donors (Lipinski definition) is 3. The van der Waals surface area contributed by atoms with Gasteiger partial charge in [-0.15, -0.1) is 0 Å². The number of hydrogen-bond acceptors (Lipinski definition) is 6. The molecule has 0 spiro atoms. The number of aromatic nitrogens is 2. The number of carbonyl (C=O) groups excluding carboxylic acids is 3. The van der Waals surface area contributed by atoms with E-state index in [1.165, 1.54) is 11.0 Å². The lowest BCUT2D eigenvalue weighted by Gasteiger charge is -2.22. The van der Waals surface area contributed by atoms with Crippen LogP contribution in [0, 0.1) is 13.8 Å². The fraction of sp³-hybridized carbons (Fsp3) is 0.318. The molecule has 2 rings (SSSR count). The third-order valence-electron chi connectivity index (χ3n) is 4.93. The quantitative estimate of drug-likeness (QED) is 0.525. The van der Waals surface area contributed by atoms with E-state index in [0.717, 1.165) is 5.56 Å². The third kappa shape index (κ3) is 6.11. The van der Waals surface area contributed by atoms with Crippen molar-refractivity contribution >= 4 is 29.2 Å². The van der Waals surface area contributed by atoms with E-state index >= 15 is 0 Å². The smallest absolute Gasteiger partial charge is 0.271 e. The molecule has 4 N–H and O–H groups in total. The first-order valence-corrected chi connectivity index (χ1v) is 9.82. The Morgan fingerprint density at radius 3 is 2.55 bits per heavy atom. The average molecular weight is 425 g/mol. The number of amides is 3. The van der Waals surface area contributed by atoms with E-state index in [-0.39, 0.29) is 17.5 Å². The third-order valence-corrected chi connectivity index (χ3v) is 4.93. The van der Waals surface area contributed by atoms with Crippen molar-refractivity contribution in [3.05, 3.63) is 59.6 Å². The lowest BCUT2D eigenvalue weighted by molar-refractivity contribution is -0.135. The van der Waals surface area contributed by atoms with Crippen molar-refractivity contribution in [2.45, 2.75) is 33.2 Å². The Bertz CT molecular complexity index is 1000. The number of anilines is 2. The van der Waals surface area contributed by atoms with Gasteiger partial charge in [0.2, 0.25) is 11.8 Å². The summed E-state index contributed by atoms with van der Waals surface area (Å²) in [6, 6.07) is 6.91. The number of nitrogens with two attached hydrogens (primary N) is 1. The zero-order chi connectivity index (χ0) is 23.1. The van der Waals surface area contributed by atoms with Crippen LogP contribution in [0.4, 0.5) is 11.5 Å². The Kier molecular flexibility index (Phi) is 7.84. The van der Waals surface area contributed by atoms with Crippen LogP contribution in [0.5, 0.6) is 0 Å². The minimum Gasteiger partial charge on any atom is -0.364 e. The van der Waals surface area contributed by atoms with Crippen LogP contribution in [0.1, 0.15) is 34.4 Å². The largest absolute Gasteiger partial charge is 0.364 e. The molecule has 0 aliphatic carbocycles. The standard InChI is InChI=1S/C22H28N6O3/c1-6-18(29)28(5)15(4)22(31)24-11-10-16-8-7-9-17(12-16)27-21-19(20(23)30)25-13(2)14(3)26-21/h6-9,12,15H,1,10-11H2,2-5H3,(H2,23,30)(H,24,31)(H,26,27)/t15-/m0/s1. The van der Waals surface area contributed by atoms with Gasteiger partial charge in [0.1, 0.15) is 6.04 Å². The number of benzene rings is 1. The minimum atomic E-state index is -0.661. The number of primary amides is 1. The lowest BCUT2D eigenvalue weighted by atomic mass is 10.1. The molecule has 0 saturated heterocycles. The molecule has 1 heterocycles. The predicted molar refractivity (Wildman–Crippen MR) is 119 cm³/mol. The fourth-order valence-electron chi connectivity index (χ4n) is 2.79. The van der Waals surface area contributed by atoms with Gasteiger partial charge in [-0.05, 0) is 51.0 Å². The van der Waals surface area contributed by atoms with Crippen LogP contribution in [-0.2, 0) is 16.0 Å². The van der Waals surface area contributed by atoms with Crippen LogP contribution in [0.2, 0.25) is 0 Å². The van der Waals surface area contributed by atoms with Crippen LogP contribution >= 0.6 is 0 Å². The van der Waals surface area contributed by atoms with E-state index in [2.05, 4.69) is 27.2 Å². The topological polar surface area (TPSA) is 130 Å². The number of rotatable bonds is 9. The van der Waals surface area contributed by atoms with Crippen molar-refractivity contribution in [3.8, 4) is 0 Å². The van der Waals surface area contributed by atoms with Crippen LogP contribution < -0.4 is 16.4 Å². The number of nitrogens with zero attached hydrogens (tertiary/aromatic N) is 3. The van der Waals surface area contributed by atoms with Gasteiger partial charge in [0, 0.05) is 19.3 Å². The van der Waals surface area contributed by atoms with Crippen molar-refractivity contribution in [2.75, 3.05) is 18.9 Å². The van der Waals surface area contributed by atoms with Crippen LogP contribution in [0.25, 0.3) is 0 Å². The predicted octanol–water partition coefficient (Wildman–Crippen LogP) is 1.63. The van der Waals surface area contributed by atoms with Gasteiger partial charge >= 0.3 is 0 Å². The van der Waals surface area contributed by atoms with E-state index in [1.54, 1.807) is 27.8 Å². The Balaban J connectivity index is 2.03. The van der Waals surface area contributed by atoms with Crippen LogP contribution in [0.15, 0.2) is 36.9 Å². The summed E-state index contributed by atoms with van der Waals surface area (Å²) in [5, 5.41) is 5.92. The van der Waals surface area contributed by atoms with Gasteiger partial charge in [0.15, 0.2) is 11.5 Å². The van der Waals surface area contributed by atoms with Crippen molar-refractivity contribution in [1.29, 1.82) is 0 Å². The molecule has 9 heteroatoms. The molecule has 3 amide bonds. The maximum Gasteiger partial charge on any atom is 0.271 e. The Labute approximate surface area is 181 Å². The zero-order valence-electron chi connectivity index (χ0n) is 18.2. The fourth-order valence-corrected chi connectivity index (χ4v) is 2.79. The Hall–Kier alpha value is -3.75. The SMILES string of the molecule is C=CC(=O)N(C)[C@@H](C)C(=O)NCCc1cccc(Nc2nc(C)c(C)nc2C(N)=O)c1. The Morgan fingerprint density at radius 2 is 1.90 bits per heavy atom. The molecule has 164 valence electrons. The van der Waals surface area contributed by atoms with Gasteiger partial charge in [-0.25, -0.2) is 9.97 Å². The molecule has 0 radical (unpaired) electrons. The second-order valence-corrected chi connectivity index (χ2v) is 7.15. The van der Waals surface area contributed by atoms with Gasteiger partial charge in [0.05, 0.1) is 11.4 Å². The first-order chi connectivity index (χ1) is 14.6. The first kappa shape index (κ1) is 23.5. The van der Waals surface area contributed by atoms with Crippen molar-refractivity contribution in [1.82, 2.24) is 20.2 Å². The number of likely N-dealkylation sites (N-methyl/N-ethyl adjacent to an activating group) is 1. The van der Waals surface area contributed by atoms with E-state index in [9.17, 15) is 14.4 Å². The minimum absolute atomic E-state index is 0.0768. The number of carbonyl (C=O) groups is 3. The summed E-state index contributed by atoms with van der Waals surface area (Å²) in [5.41, 5.74) is 8.52. The van der Waals surface area contributed by atoms with Gasteiger partial charge < -0.3 is 21.3 Å². The monoisotopic (exact) mass is 424 g/mol. The summed E-state index contributed by atoms with van der Waals surface area (Å²) in [6.07, 6.45) is 1.75. The molecule has 1 aromatic heterocycles. The second-order valence-electron chi connectivity index (χ2n) is 7.15. The molecule has 0 bridgehead atoms. The van der Waals surface area contributed by atoms with Gasteiger partial charge in [0.25, 0.3) is 5.91 Å². The second kappa shape index (κ2) is 10.3. The summed E-state index contributed by atoms with van der Waals surface area (Å²) in [5.74, 6) is -0.925. The van der Waals surface area contributed by atoms with Crippen LogP contribution in [0.3, 0.4) is 0 Å². The number of aryl methyl sites for hydroxylation is 2. The molecule has 0 fully saturated rings. The van der Waals surface area contributed by atoms with Crippen molar-refractivity contribution < 1.29 is 14.4 Å². The highest BCUT2D eigenvalue weighted by atomic mass is 16.2. The molecule has 1 atom stereocenters. The zero-order valence-corrected chi connectivity index (χ0v) is 18.2. The maximum absolute atomic E-state index is 12.3. The normalized spacial score (nSPS) is 11.4. The van der Waals surface area contributed by atoms with Crippen LogP contribution in [-0.4, -0.2) is 52.2 Å². The molecule has 0 saturated carbocycles. The van der Waals surface area contributed by atoms with Crippen molar-refractivity contribution in [2.24, 2.45) is 5.73 Å². The highest BCUT2D eigenvalue weighted by Crippen LogP contribution is 2.20. The molecular weight excluding hydrogens is 396 g/mol. The van der Waals surface area contributed by atoms with Gasteiger partial charge in [-0.2, -0.15) is 0 Å². The molecule has 0 aliphatic heterocycles. The number of nitrogens with one attached hydrogen (secondary N) is 2. The van der Waals surface area contributed by atoms with E-state index in [1.807, 2.05) is 24.3 Å². The van der Waals surface area contributed by atoms with Crippen molar-refractivity contribution in [3.63, 3.8) is 0 Å². The summed E-state index contributed by atoms with van der Waals surface area (Å²) in [7, 11) is 1.55. The lowest BCUT2D eigenvalue weighted by Crippen LogP contribution is -2.45. The molecule has 0 aliphatic rings. The maximum atomic E-state index is 12.3. The molecule has 2 aromatic rings. The molecule has 31 heavy (non-hydrogen) atoms. The summed E-state index contributed by atoms with van der Waals surface area (Å²) >= 11 is 0. The van der Waals surface area contributed by atoms with E-state index in [0.29, 0.717) is 35.9 Å². The summed E-state index contributed by atoms with van der Waals surface area (Å²) in [6.45, 7) is 9.05. The first-order valence-electron chi connectivity index (χ1n) is 9.82. The molecule has 1 aromatic carbocycles. The molecule has 9 nitrogen and oxygen atoms in total. The highest BCUT2D eigenvalue weighted by molar-refractivity contribution is 5.96. The average Bonchev–Trinajstić information content (AvgIpc) is 2.74. The van der Waals surface area contributed by atoms with E-state index < -0.39 is 11.9 Å². The van der Waals surface area contributed by atoms with Gasteiger partial charge in [-0.1, -0.05) is 18.7 Å².